The van der Waals surface area contributed by atoms with Gasteiger partial charge >= 0.3 is 0 Å². The van der Waals surface area contributed by atoms with Gasteiger partial charge in [-0.1, -0.05) is 40.0 Å². The molecule has 0 aromatic rings. The molecule has 1 aliphatic heterocycles. The van der Waals surface area contributed by atoms with E-state index in [-0.39, 0.29) is 0 Å². The lowest BCUT2D eigenvalue weighted by Gasteiger charge is -2.31. The minimum atomic E-state index is 0.487. The molecule has 0 aromatic heterocycles. The van der Waals surface area contributed by atoms with Gasteiger partial charge < -0.3 is 10.2 Å². The number of rotatable bonds is 3. The van der Waals surface area contributed by atoms with Crippen molar-refractivity contribution in [2.24, 2.45) is 17.3 Å². The van der Waals surface area contributed by atoms with Crippen LogP contribution in [0.1, 0.15) is 59.3 Å². The van der Waals surface area contributed by atoms with Gasteiger partial charge in [-0.3, -0.25) is 0 Å². The van der Waals surface area contributed by atoms with Crippen LogP contribution in [0, 0.1) is 17.3 Å². The standard InChI is InChI=1S/C17H34N2/c1-17(2,3)15-10-11-19(13-15)12-14-8-6-5-7-9-16(14)18-4/h14-16,18H,5-13H2,1-4H3. The van der Waals surface area contributed by atoms with Crippen molar-refractivity contribution in [2.45, 2.75) is 65.3 Å². The molecule has 2 heteroatoms. The van der Waals surface area contributed by atoms with Crippen LogP contribution in [-0.2, 0) is 0 Å². The molecule has 0 bridgehead atoms. The van der Waals surface area contributed by atoms with E-state index in [4.69, 9.17) is 0 Å². The predicted octanol–water partition coefficient (Wildman–Crippen LogP) is 3.52. The molecule has 0 aromatic carbocycles. The molecule has 2 aliphatic rings. The van der Waals surface area contributed by atoms with Gasteiger partial charge in [-0.15, -0.1) is 0 Å². The smallest absolute Gasteiger partial charge is 0.0104 e. The van der Waals surface area contributed by atoms with Crippen LogP contribution in [-0.4, -0.2) is 37.6 Å². The lowest BCUT2D eigenvalue weighted by molar-refractivity contribution is 0.195. The summed E-state index contributed by atoms with van der Waals surface area (Å²) in [4.78, 5) is 2.75. The summed E-state index contributed by atoms with van der Waals surface area (Å²) < 4.78 is 0. The Morgan fingerprint density at radius 1 is 1.05 bits per heavy atom. The highest BCUT2D eigenvalue weighted by molar-refractivity contribution is 4.87. The molecular weight excluding hydrogens is 232 g/mol. The highest BCUT2D eigenvalue weighted by Gasteiger charge is 2.33. The highest BCUT2D eigenvalue weighted by atomic mass is 15.2. The zero-order valence-electron chi connectivity index (χ0n) is 13.5. The van der Waals surface area contributed by atoms with Crippen LogP contribution in [0.15, 0.2) is 0 Å². The van der Waals surface area contributed by atoms with Crippen LogP contribution in [0.3, 0.4) is 0 Å². The number of hydrogen-bond acceptors (Lipinski definition) is 2. The van der Waals surface area contributed by atoms with Crippen LogP contribution in [0.25, 0.3) is 0 Å². The molecule has 112 valence electrons. The van der Waals surface area contributed by atoms with E-state index >= 15 is 0 Å². The van der Waals surface area contributed by atoms with Crippen molar-refractivity contribution in [1.29, 1.82) is 0 Å². The van der Waals surface area contributed by atoms with E-state index in [0.717, 1.165) is 17.9 Å². The van der Waals surface area contributed by atoms with Gasteiger partial charge in [-0.25, -0.2) is 0 Å². The van der Waals surface area contributed by atoms with Gasteiger partial charge in [0.1, 0.15) is 0 Å². The van der Waals surface area contributed by atoms with Crippen molar-refractivity contribution in [1.82, 2.24) is 10.2 Å². The fourth-order valence-corrected chi connectivity index (χ4v) is 4.02. The maximum atomic E-state index is 3.58. The van der Waals surface area contributed by atoms with Gasteiger partial charge in [0.25, 0.3) is 0 Å². The predicted molar refractivity (Wildman–Crippen MR) is 83.4 cm³/mol. The lowest BCUT2D eigenvalue weighted by atomic mass is 9.80. The molecule has 3 atom stereocenters. The Labute approximate surface area is 120 Å². The summed E-state index contributed by atoms with van der Waals surface area (Å²) >= 11 is 0. The Kier molecular flexibility index (Phi) is 5.30. The summed E-state index contributed by atoms with van der Waals surface area (Å²) in [6.45, 7) is 11.2. The highest BCUT2D eigenvalue weighted by Crippen LogP contribution is 2.34. The third-order valence-electron chi connectivity index (χ3n) is 5.52. The van der Waals surface area contributed by atoms with Gasteiger partial charge in [-0.05, 0) is 50.1 Å². The van der Waals surface area contributed by atoms with Crippen LogP contribution >= 0.6 is 0 Å². The summed E-state index contributed by atoms with van der Waals surface area (Å²) in [5, 5.41) is 3.58. The molecule has 0 radical (unpaired) electrons. The molecule has 2 rings (SSSR count). The van der Waals surface area contributed by atoms with Crippen molar-refractivity contribution >= 4 is 0 Å². The second-order valence-electron chi connectivity index (χ2n) is 7.90. The van der Waals surface area contributed by atoms with Crippen molar-refractivity contribution < 1.29 is 0 Å². The Morgan fingerprint density at radius 2 is 1.79 bits per heavy atom. The molecule has 1 saturated heterocycles. The van der Waals surface area contributed by atoms with Crippen molar-refractivity contribution in [2.75, 3.05) is 26.7 Å². The Bertz CT molecular complexity index is 269. The van der Waals surface area contributed by atoms with Crippen LogP contribution in [0.4, 0.5) is 0 Å². The fraction of sp³-hybridized carbons (Fsp3) is 1.00. The molecule has 19 heavy (non-hydrogen) atoms. The molecular formula is C17H34N2. The zero-order valence-corrected chi connectivity index (χ0v) is 13.5. The maximum Gasteiger partial charge on any atom is 0.0104 e. The van der Waals surface area contributed by atoms with Crippen molar-refractivity contribution in [3.8, 4) is 0 Å². The zero-order chi connectivity index (χ0) is 13.9. The van der Waals surface area contributed by atoms with E-state index in [1.807, 2.05) is 0 Å². The van der Waals surface area contributed by atoms with E-state index in [9.17, 15) is 0 Å². The first-order chi connectivity index (χ1) is 9.00. The monoisotopic (exact) mass is 266 g/mol. The van der Waals surface area contributed by atoms with E-state index in [0.29, 0.717) is 5.41 Å². The largest absolute Gasteiger partial charge is 0.317 e. The van der Waals surface area contributed by atoms with Gasteiger partial charge in [0.15, 0.2) is 0 Å². The van der Waals surface area contributed by atoms with E-state index < -0.39 is 0 Å². The second-order valence-corrected chi connectivity index (χ2v) is 7.90. The van der Waals surface area contributed by atoms with E-state index in [2.05, 4.69) is 38.0 Å². The molecule has 3 unspecified atom stereocenters. The van der Waals surface area contributed by atoms with E-state index in [1.54, 1.807) is 0 Å². The molecule has 2 nitrogen and oxygen atoms in total. The third-order valence-corrected chi connectivity index (χ3v) is 5.52. The molecule has 1 aliphatic carbocycles. The molecule has 1 N–H and O–H groups in total. The Morgan fingerprint density at radius 3 is 2.42 bits per heavy atom. The van der Waals surface area contributed by atoms with Crippen LogP contribution in [0.5, 0.6) is 0 Å². The summed E-state index contributed by atoms with van der Waals surface area (Å²) in [7, 11) is 2.16. The summed E-state index contributed by atoms with van der Waals surface area (Å²) in [5.41, 5.74) is 0.487. The molecule has 0 amide bonds. The van der Waals surface area contributed by atoms with Crippen LogP contribution < -0.4 is 5.32 Å². The summed E-state index contributed by atoms with van der Waals surface area (Å²) in [5.74, 6) is 1.78. The molecule has 2 fully saturated rings. The number of nitrogens with zero attached hydrogens (tertiary/aromatic N) is 1. The van der Waals surface area contributed by atoms with Gasteiger partial charge in [0.05, 0.1) is 0 Å². The number of hydrogen-bond donors (Lipinski definition) is 1. The average molecular weight is 266 g/mol. The minimum absolute atomic E-state index is 0.487. The Balaban J connectivity index is 1.86. The molecule has 1 saturated carbocycles. The topological polar surface area (TPSA) is 15.3 Å². The summed E-state index contributed by atoms with van der Waals surface area (Å²) in [6, 6.07) is 0.760. The molecule has 0 spiro atoms. The molecule has 1 heterocycles. The third kappa shape index (κ3) is 4.19. The number of likely N-dealkylation sites (tertiary alicyclic amines) is 1. The first-order valence-corrected chi connectivity index (χ1v) is 8.40. The second kappa shape index (κ2) is 6.58. The SMILES string of the molecule is CNC1CCCCCC1CN1CCC(C(C)(C)C)C1. The van der Waals surface area contributed by atoms with Crippen molar-refractivity contribution in [3.05, 3.63) is 0 Å². The van der Waals surface area contributed by atoms with Gasteiger partial charge in [0, 0.05) is 19.1 Å². The summed E-state index contributed by atoms with van der Waals surface area (Å²) in [6.07, 6.45) is 8.53. The fourth-order valence-electron chi connectivity index (χ4n) is 4.02. The minimum Gasteiger partial charge on any atom is -0.317 e. The first-order valence-electron chi connectivity index (χ1n) is 8.40. The quantitative estimate of drug-likeness (QED) is 0.786. The lowest BCUT2D eigenvalue weighted by Crippen LogP contribution is -2.40. The van der Waals surface area contributed by atoms with Crippen LogP contribution in [0.2, 0.25) is 0 Å². The average Bonchev–Trinajstić information content (AvgIpc) is 2.70. The van der Waals surface area contributed by atoms with Gasteiger partial charge in [0.2, 0.25) is 0 Å². The number of nitrogens with one attached hydrogen (secondary N) is 1. The van der Waals surface area contributed by atoms with E-state index in [1.165, 1.54) is 58.2 Å². The van der Waals surface area contributed by atoms with Gasteiger partial charge in [-0.2, -0.15) is 0 Å². The maximum absolute atomic E-state index is 3.58. The normalized spacial score (nSPS) is 34.4. The first kappa shape index (κ1) is 15.3. The van der Waals surface area contributed by atoms with Crippen molar-refractivity contribution in [3.63, 3.8) is 0 Å². The Hall–Kier alpha value is -0.0800.